The fraction of sp³-hybridized carbons (Fsp3) is 0.381. The number of rotatable bonds is 7. The summed E-state index contributed by atoms with van der Waals surface area (Å²) in [6.45, 7) is 5.61. The Bertz CT molecular complexity index is 1110. The summed E-state index contributed by atoms with van der Waals surface area (Å²) in [6.07, 6.45) is 2.84. The lowest BCUT2D eigenvalue weighted by Crippen LogP contribution is -2.40. The van der Waals surface area contributed by atoms with Crippen LogP contribution in [-0.4, -0.2) is 23.0 Å². The van der Waals surface area contributed by atoms with E-state index in [0.29, 0.717) is 29.6 Å². The number of benzene rings is 1. The fourth-order valence-corrected chi connectivity index (χ4v) is 3.38. The summed E-state index contributed by atoms with van der Waals surface area (Å²) in [4.78, 5) is 35.8. The molecular formula is C21H23NO6. The number of carbonyl (C=O) groups is 2. The molecule has 1 atom stereocenters. The van der Waals surface area contributed by atoms with Crippen LogP contribution in [0.1, 0.15) is 42.9 Å². The lowest BCUT2D eigenvalue weighted by Gasteiger charge is -2.13. The van der Waals surface area contributed by atoms with Crippen LogP contribution in [0, 0.1) is 13.8 Å². The van der Waals surface area contributed by atoms with Crippen molar-refractivity contribution in [2.75, 3.05) is 0 Å². The van der Waals surface area contributed by atoms with Crippen molar-refractivity contribution in [2.24, 2.45) is 0 Å². The number of carboxylic acid groups (broad SMARTS) is 1. The van der Waals surface area contributed by atoms with E-state index in [1.807, 2.05) is 26.8 Å². The maximum absolute atomic E-state index is 12.4. The van der Waals surface area contributed by atoms with Gasteiger partial charge in [0.05, 0.1) is 6.26 Å². The lowest BCUT2D eigenvalue weighted by atomic mass is 10.0. The fourth-order valence-electron chi connectivity index (χ4n) is 3.38. The van der Waals surface area contributed by atoms with Crippen molar-refractivity contribution in [3.63, 3.8) is 0 Å². The van der Waals surface area contributed by atoms with Crippen LogP contribution in [0.25, 0.3) is 21.9 Å². The topological polar surface area (TPSA) is 110 Å². The highest BCUT2D eigenvalue weighted by Gasteiger charge is 2.20. The van der Waals surface area contributed by atoms with Crippen LogP contribution in [0.3, 0.4) is 0 Å². The van der Waals surface area contributed by atoms with Crippen LogP contribution in [0.5, 0.6) is 0 Å². The maximum Gasteiger partial charge on any atom is 0.339 e. The first kappa shape index (κ1) is 19.7. The van der Waals surface area contributed by atoms with Crippen LogP contribution in [0.15, 0.2) is 32.0 Å². The van der Waals surface area contributed by atoms with Gasteiger partial charge < -0.3 is 19.3 Å². The lowest BCUT2D eigenvalue weighted by molar-refractivity contribution is -0.142. The summed E-state index contributed by atoms with van der Waals surface area (Å²) < 4.78 is 10.9. The SMILES string of the molecule is CCC[C@H](NC(=O)CCc1c(C)c2cc3c(C)coc3cc2oc1=O)C(=O)O. The van der Waals surface area contributed by atoms with Crippen LogP contribution in [-0.2, 0) is 16.0 Å². The van der Waals surface area contributed by atoms with Gasteiger partial charge in [0.1, 0.15) is 17.2 Å². The van der Waals surface area contributed by atoms with E-state index in [1.54, 1.807) is 12.3 Å². The number of aryl methyl sites for hydroxylation is 2. The standard InChI is InChI=1S/C21H23NO6/c1-4-5-16(20(24)25)22-19(23)7-6-13-12(3)15-8-14-11(2)10-27-17(14)9-18(15)28-21(13)26/h8-10,16H,4-7H2,1-3H3,(H,22,23)(H,24,25)/t16-/m0/s1. The smallest absolute Gasteiger partial charge is 0.339 e. The molecule has 7 nitrogen and oxygen atoms in total. The van der Waals surface area contributed by atoms with Crippen LogP contribution in [0.2, 0.25) is 0 Å². The molecule has 3 rings (SSSR count). The van der Waals surface area contributed by atoms with E-state index >= 15 is 0 Å². The summed E-state index contributed by atoms with van der Waals surface area (Å²) in [6, 6.07) is 2.71. The summed E-state index contributed by atoms with van der Waals surface area (Å²) in [5.41, 5.74) is 2.75. The molecule has 0 radical (unpaired) electrons. The molecule has 1 amide bonds. The number of nitrogens with one attached hydrogen (secondary N) is 1. The minimum atomic E-state index is -1.06. The molecule has 7 heteroatoms. The van der Waals surface area contributed by atoms with E-state index in [4.69, 9.17) is 13.9 Å². The third-order valence-corrected chi connectivity index (χ3v) is 4.99. The predicted octanol–water partition coefficient (Wildman–Crippen LogP) is 3.46. The zero-order chi connectivity index (χ0) is 20.4. The highest BCUT2D eigenvalue weighted by molar-refractivity contribution is 5.96. The van der Waals surface area contributed by atoms with E-state index < -0.39 is 23.5 Å². The van der Waals surface area contributed by atoms with E-state index in [1.165, 1.54) is 0 Å². The summed E-state index contributed by atoms with van der Waals surface area (Å²) in [5.74, 6) is -1.46. The van der Waals surface area contributed by atoms with Gasteiger partial charge in [-0.3, -0.25) is 4.79 Å². The van der Waals surface area contributed by atoms with Gasteiger partial charge in [0.15, 0.2) is 0 Å². The molecule has 1 aromatic carbocycles. The van der Waals surface area contributed by atoms with Crippen molar-refractivity contribution in [3.05, 3.63) is 45.5 Å². The number of hydrogen-bond donors (Lipinski definition) is 2. The zero-order valence-corrected chi connectivity index (χ0v) is 16.1. The molecule has 0 aliphatic carbocycles. The molecule has 2 heterocycles. The number of aliphatic carboxylic acids is 1. The Morgan fingerprint density at radius 1 is 1.18 bits per heavy atom. The molecule has 0 saturated heterocycles. The third-order valence-electron chi connectivity index (χ3n) is 4.99. The van der Waals surface area contributed by atoms with Crippen molar-refractivity contribution >= 4 is 33.8 Å². The third kappa shape index (κ3) is 3.78. The number of carbonyl (C=O) groups excluding carboxylic acids is 1. The van der Waals surface area contributed by atoms with Crippen LogP contribution < -0.4 is 10.9 Å². The normalized spacial score (nSPS) is 12.4. The molecular weight excluding hydrogens is 362 g/mol. The summed E-state index contributed by atoms with van der Waals surface area (Å²) in [5, 5.41) is 13.4. The second kappa shape index (κ2) is 7.88. The molecule has 3 aromatic rings. The maximum atomic E-state index is 12.4. The van der Waals surface area contributed by atoms with Gasteiger partial charge in [-0.2, -0.15) is 0 Å². The van der Waals surface area contributed by atoms with Crippen LogP contribution >= 0.6 is 0 Å². The minimum Gasteiger partial charge on any atom is -0.480 e. The van der Waals surface area contributed by atoms with Gasteiger partial charge in [-0.25, -0.2) is 9.59 Å². The van der Waals surface area contributed by atoms with E-state index in [0.717, 1.165) is 21.9 Å². The molecule has 0 aliphatic rings. The molecule has 0 aliphatic heterocycles. The first-order valence-electron chi connectivity index (χ1n) is 9.28. The number of fused-ring (bicyclic) bond motifs is 2. The second-order valence-electron chi connectivity index (χ2n) is 7.00. The molecule has 2 N–H and O–H groups in total. The number of amides is 1. The average molecular weight is 385 g/mol. The predicted molar refractivity (Wildman–Crippen MR) is 105 cm³/mol. The summed E-state index contributed by atoms with van der Waals surface area (Å²) >= 11 is 0. The van der Waals surface area contributed by atoms with Gasteiger partial charge in [0.25, 0.3) is 0 Å². The first-order valence-corrected chi connectivity index (χ1v) is 9.28. The first-order chi connectivity index (χ1) is 13.3. The molecule has 0 fully saturated rings. The minimum absolute atomic E-state index is 0.0115. The zero-order valence-electron chi connectivity index (χ0n) is 16.1. The Morgan fingerprint density at radius 3 is 2.61 bits per heavy atom. The van der Waals surface area contributed by atoms with Gasteiger partial charge in [0.2, 0.25) is 5.91 Å². The van der Waals surface area contributed by atoms with Gasteiger partial charge in [-0.15, -0.1) is 0 Å². The molecule has 28 heavy (non-hydrogen) atoms. The molecule has 0 spiro atoms. The Hall–Kier alpha value is -3.09. The van der Waals surface area contributed by atoms with Crippen molar-refractivity contribution in [1.82, 2.24) is 5.32 Å². The quantitative estimate of drug-likeness (QED) is 0.603. The highest BCUT2D eigenvalue weighted by atomic mass is 16.4. The molecule has 0 saturated carbocycles. The average Bonchev–Trinajstić information content (AvgIpc) is 3.00. The van der Waals surface area contributed by atoms with Crippen LogP contribution in [0.4, 0.5) is 0 Å². The Kier molecular flexibility index (Phi) is 5.53. The number of furan rings is 1. The summed E-state index contributed by atoms with van der Waals surface area (Å²) in [7, 11) is 0. The Balaban J connectivity index is 1.85. The molecule has 0 unspecified atom stereocenters. The molecule has 0 bridgehead atoms. The Labute approximate surface area is 161 Å². The van der Waals surface area contributed by atoms with Gasteiger partial charge in [0, 0.05) is 28.8 Å². The van der Waals surface area contributed by atoms with E-state index in [9.17, 15) is 14.4 Å². The monoisotopic (exact) mass is 385 g/mol. The van der Waals surface area contributed by atoms with Crippen molar-refractivity contribution < 1.29 is 23.5 Å². The molecule has 2 aromatic heterocycles. The van der Waals surface area contributed by atoms with Crippen molar-refractivity contribution in [1.29, 1.82) is 0 Å². The molecule has 148 valence electrons. The van der Waals surface area contributed by atoms with Crippen molar-refractivity contribution in [2.45, 2.75) is 52.5 Å². The van der Waals surface area contributed by atoms with E-state index in [2.05, 4.69) is 5.32 Å². The second-order valence-corrected chi connectivity index (χ2v) is 7.00. The number of carboxylic acids is 1. The van der Waals surface area contributed by atoms with E-state index in [-0.39, 0.29) is 12.8 Å². The Morgan fingerprint density at radius 2 is 1.93 bits per heavy atom. The largest absolute Gasteiger partial charge is 0.480 e. The van der Waals surface area contributed by atoms with Gasteiger partial charge >= 0.3 is 11.6 Å². The number of hydrogen-bond acceptors (Lipinski definition) is 5. The van der Waals surface area contributed by atoms with Gasteiger partial charge in [-0.1, -0.05) is 13.3 Å². The van der Waals surface area contributed by atoms with Gasteiger partial charge in [-0.05, 0) is 43.9 Å². The highest BCUT2D eigenvalue weighted by Crippen LogP contribution is 2.29. The van der Waals surface area contributed by atoms with Crippen molar-refractivity contribution in [3.8, 4) is 0 Å².